The lowest BCUT2D eigenvalue weighted by Gasteiger charge is -2.37. The lowest BCUT2D eigenvalue weighted by atomic mass is 9.86. The van der Waals surface area contributed by atoms with Crippen molar-refractivity contribution in [2.75, 3.05) is 7.11 Å². The number of carbonyl (C=O) groups excluding carboxylic acids is 1. The number of rotatable bonds is 5. The highest BCUT2D eigenvalue weighted by Crippen LogP contribution is 2.24. The van der Waals surface area contributed by atoms with Gasteiger partial charge < -0.3 is 15.2 Å². The van der Waals surface area contributed by atoms with E-state index in [2.05, 4.69) is 21.2 Å². The molecule has 1 aromatic carbocycles. The van der Waals surface area contributed by atoms with Gasteiger partial charge in [-0.15, -0.1) is 0 Å². The van der Waals surface area contributed by atoms with Gasteiger partial charge in [-0.2, -0.15) is 0 Å². The van der Waals surface area contributed by atoms with Crippen molar-refractivity contribution in [1.29, 1.82) is 0 Å². The first kappa shape index (κ1) is 17.7. The van der Waals surface area contributed by atoms with Crippen LogP contribution in [0.15, 0.2) is 28.7 Å². The van der Waals surface area contributed by atoms with Gasteiger partial charge in [0.1, 0.15) is 5.75 Å². The van der Waals surface area contributed by atoms with Crippen LogP contribution in [0.25, 0.3) is 6.08 Å². The number of ether oxygens (including phenoxy) is 1. The van der Waals surface area contributed by atoms with Gasteiger partial charge in [0.25, 0.3) is 0 Å². The zero-order valence-electron chi connectivity index (χ0n) is 13.0. The van der Waals surface area contributed by atoms with Crippen LogP contribution in [-0.2, 0) is 4.79 Å². The van der Waals surface area contributed by atoms with Gasteiger partial charge in [-0.05, 0) is 52.0 Å². The second-order valence-electron chi connectivity index (χ2n) is 5.89. The highest BCUT2D eigenvalue weighted by molar-refractivity contribution is 9.10. The van der Waals surface area contributed by atoms with E-state index in [1.165, 1.54) is 6.08 Å². The zero-order valence-corrected chi connectivity index (χ0v) is 14.6. The van der Waals surface area contributed by atoms with Gasteiger partial charge >= 0.3 is 0 Å². The van der Waals surface area contributed by atoms with Gasteiger partial charge in [0, 0.05) is 16.1 Å². The first-order chi connectivity index (χ1) is 9.56. The molecule has 0 aliphatic heterocycles. The predicted molar refractivity (Wildman–Crippen MR) is 88.2 cm³/mol. The van der Waals surface area contributed by atoms with Gasteiger partial charge in [0.05, 0.1) is 18.2 Å². The van der Waals surface area contributed by atoms with E-state index in [0.717, 1.165) is 10.0 Å². The second-order valence-corrected chi connectivity index (χ2v) is 6.81. The molecule has 0 saturated carbocycles. The standard InChI is InChI=1S/C16H22BrNO3/c1-15(2,16(3,4)20)18-14(19)9-6-11-10-12(17)7-8-13(11)21-5/h6-10,20H,1-5H3,(H,18,19)/b9-6+. The summed E-state index contributed by atoms with van der Waals surface area (Å²) < 4.78 is 6.15. The monoisotopic (exact) mass is 355 g/mol. The van der Waals surface area contributed by atoms with E-state index < -0.39 is 11.1 Å². The van der Waals surface area contributed by atoms with Crippen LogP contribution in [0.5, 0.6) is 5.75 Å². The second kappa shape index (κ2) is 6.62. The maximum atomic E-state index is 12.0. The van der Waals surface area contributed by atoms with Crippen molar-refractivity contribution in [2.45, 2.75) is 38.8 Å². The zero-order chi connectivity index (χ0) is 16.3. The van der Waals surface area contributed by atoms with E-state index in [1.54, 1.807) is 40.9 Å². The summed E-state index contributed by atoms with van der Waals surface area (Å²) in [7, 11) is 1.58. The molecule has 1 aromatic rings. The summed E-state index contributed by atoms with van der Waals surface area (Å²) in [5.74, 6) is 0.410. The number of carbonyl (C=O) groups is 1. The van der Waals surface area contributed by atoms with Crippen LogP contribution in [-0.4, -0.2) is 29.3 Å². The van der Waals surface area contributed by atoms with Crippen molar-refractivity contribution >= 4 is 27.9 Å². The van der Waals surface area contributed by atoms with E-state index in [0.29, 0.717) is 5.75 Å². The van der Waals surface area contributed by atoms with E-state index in [-0.39, 0.29) is 5.91 Å². The number of halogens is 1. The molecule has 5 heteroatoms. The van der Waals surface area contributed by atoms with Crippen molar-refractivity contribution in [3.05, 3.63) is 34.3 Å². The Hall–Kier alpha value is -1.33. The molecule has 0 saturated heterocycles. The van der Waals surface area contributed by atoms with Crippen LogP contribution in [0.2, 0.25) is 0 Å². The normalized spacial score (nSPS) is 12.5. The van der Waals surface area contributed by atoms with Gasteiger partial charge in [-0.1, -0.05) is 15.9 Å². The molecule has 0 aromatic heterocycles. The number of hydrogen-bond donors (Lipinski definition) is 2. The molecule has 0 atom stereocenters. The minimum Gasteiger partial charge on any atom is -0.496 e. The lowest BCUT2D eigenvalue weighted by molar-refractivity contribution is -0.121. The molecule has 4 nitrogen and oxygen atoms in total. The smallest absolute Gasteiger partial charge is 0.244 e. The summed E-state index contributed by atoms with van der Waals surface area (Å²) in [5.41, 5.74) is -0.970. The molecule has 0 spiro atoms. The molecule has 0 aliphatic carbocycles. The first-order valence-electron chi connectivity index (χ1n) is 6.63. The van der Waals surface area contributed by atoms with Crippen molar-refractivity contribution < 1.29 is 14.6 Å². The average Bonchev–Trinajstić information content (AvgIpc) is 2.34. The fourth-order valence-corrected chi connectivity index (χ4v) is 1.88. The summed E-state index contributed by atoms with van der Waals surface area (Å²) in [5, 5.41) is 12.8. The summed E-state index contributed by atoms with van der Waals surface area (Å²) in [6.45, 7) is 6.87. The van der Waals surface area contributed by atoms with Crippen molar-refractivity contribution in [3.63, 3.8) is 0 Å². The van der Waals surface area contributed by atoms with Crippen LogP contribution in [0.3, 0.4) is 0 Å². The minimum atomic E-state index is -1.02. The van der Waals surface area contributed by atoms with Gasteiger partial charge in [-0.3, -0.25) is 4.79 Å². The third kappa shape index (κ3) is 4.86. The first-order valence-corrected chi connectivity index (χ1v) is 7.42. The van der Waals surface area contributed by atoms with Gasteiger partial charge in [-0.25, -0.2) is 0 Å². The van der Waals surface area contributed by atoms with E-state index in [9.17, 15) is 9.90 Å². The number of methoxy groups -OCH3 is 1. The number of benzene rings is 1. The molecule has 0 aliphatic rings. The topological polar surface area (TPSA) is 58.6 Å². The van der Waals surface area contributed by atoms with E-state index in [1.807, 2.05) is 18.2 Å². The average molecular weight is 356 g/mol. The molecule has 1 rings (SSSR count). The van der Waals surface area contributed by atoms with Crippen LogP contribution in [0, 0.1) is 0 Å². The third-order valence-corrected chi connectivity index (χ3v) is 4.06. The molecule has 0 radical (unpaired) electrons. The Morgan fingerprint density at radius 3 is 2.48 bits per heavy atom. The van der Waals surface area contributed by atoms with E-state index in [4.69, 9.17) is 4.74 Å². The van der Waals surface area contributed by atoms with Crippen molar-refractivity contribution in [3.8, 4) is 5.75 Å². The third-order valence-electron chi connectivity index (χ3n) is 3.57. The Morgan fingerprint density at radius 1 is 1.33 bits per heavy atom. The van der Waals surface area contributed by atoms with Crippen LogP contribution in [0.1, 0.15) is 33.3 Å². The molecule has 0 bridgehead atoms. The van der Waals surface area contributed by atoms with Gasteiger partial charge in [0.15, 0.2) is 0 Å². The van der Waals surface area contributed by atoms with Crippen LogP contribution < -0.4 is 10.1 Å². The number of hydrogen-bond acceptors (Lipinski definition) is 3. The fourth-order valence-electron chi connectivity index (χ4n) is 1.50. The maximum absolute atomic E-state index is 12.0. The van der Waals surface area contributed by atoms with Crippen molar-refractivity contribution in [2.24, 2.45) is 0 Å². The summed E-state index contributed by atoms with van der Waals surface area (Å²) >= 11 is 3.38. The molecule has 1 amide bonds. The number of nitrogens with one attached hydrogen (secondary N) is 1. The molecule has 0 heterocycles. The van der Waals surface area contributed by atoms with Crippen LogP contribution >= 0.6 is 15.9 Å². The number of aliphatic hydroxyl groups is 1. The van der Waals surface area contributed by atoms with Crippen molar-refractivity contribution in [1.82, 2.24) is 5.32 Å². The molecular weight excluding hydrogens is 334 g/mol. The fraction of sp³-hybridized carbons (Fsp3) is 0.438. The SMILES string of the molecule is COc1ccc(Br)cc1/C=C/C(=O)NC(C)(C)C(C)(C)O. The molecule has 21 heavy (non-hydrogen) atoms. The maximum Gasteiger partial charge on any atom is 0.244 e. The van der Waals surface area contributed by atoms with Gasteiger partial charge in [0.2, 0.25) is 5.91 Å². The Morgan fingerprint density at radius 2 is 1.95 bits per heavy atom. The molecule has 0 unspecified atom stereocenters. The minimum absolute atomic E-state index is 0.274. The Bertz CT molecular complexity index is 545. The largest absolute Gasteiger partial charge is 0.496 e. The quantitative estimate of drug-likeness (QED) is 0.797. The summed E-state index contributed by atoms with van der Waals surface area (Å²) in [6, 6.07) is 5.56. The summed E-state index contributed by atoms with van der Waals surface area (Å²) in [4.78, 5) is 12.0. The lowest BCUT2D eigenvalue weighted by Crippen LogP contribution is -2.57. The summed E-state index contributed by atoms with van der Waals surface area (Å²) in [6.07, 6.45) is 3.11. The highest BCUT2D eigenvalue weighted by atomic mass is 79.9. The number of amides is 1. The molecule has 2 N–H and O–H groups in total. The Kier molecular flexibility index (Phi) is 5.59. The Labute approximate surface area is 134 Å². The Balaban J connectivity index is 2.87. The molecule has 0 fully saturated rings. The highest BCUT2D eigenvalue weighted by Gasteiger charge is 2.35. The predicted octanol–water partition coefficient (Wildman–Crippen LogP) is 3.14. The molecular formula is C16H22BrNO3. The van der Waals surface area contributed by atoms with Crippen LogP contribution in [0.4, 0.5) is 0 Å². The molecule has 116 valence electrons. The van der Waals surface area contributed by atoms with E-state index >= 15 is 0 Å².